The average Bonchev–Trinajstić information content (AvgIpc) is 2.28. The van der Waals surface area contributed by atoms with E-state index in [1.807, 2.05) is 0 Å². The SMILES string of the molecule is O=[N+]([O-])c1ccc(Oc2cc(F)cc(F)c2)cn1. The van der Waals surface area contributed by atoms with Crippen LogP contribution >= 0.6 is 0 Å². The molecule has 0 saturated heterocycles. The topological polar surface area (TPSA) is 65.3 Å². The number of benzene rings is 1. The van der Waals surface area contributed by atoms with Crippen molar-refractivity contribution in [1.82, 2.24) is 4.98 Å². The Bertz CT molecular complexity index is 567. The molecule has 0 unspecified atom stereocenters. The Morgan fingerprint density at radius 3 is 2.28 bits per heavy atom. The van der Waals surface area contributed by atoms with Crippen molar-refractivity contribution in [2.75, 3.05) is 0 Å². The molecule has 0 aliphatic carbocycles. The maximum Gasteiger partial charge on any atom is 0.363 e. The largest absolute Gasteiger partial charge is 0.453 e. The fourth-order valence-corrected chi connectivity index (χ4v) is 1.26. The van der Waals surface area contributed by atoms with Gasteiger partial charge in [-0.25, -0.2) is 8.78 Å². The maximum absolute atomic E-state index is 12.9. The van der Waals surface area contributed by atoms with Crippen molar-refractivity contribution in [3.63, 3.8) is 0 Å². The van der Waals surface area contributed by atoms with E-state index in [9.17, 15) is 18.9 Å². The van der Waals surface area contributed by atoms with Crippen LogP contribution in [0.25, 0.3) is 0 Å². The second kappa shape index (κ2) is 4.74. The Balaban J connectivity index is 2.20. The fraction of sp³-hybridized carbons (Fsp3) is 0. The number of hydrogen-bond donors (Lipinski definition) is 0. The summed E-state index contributed by atoms with van der Waals surface area (Å²) in [4.78, 5) is 13.2. The Hall–Kier alpha value is -2.57. The van der Waals surface area contributed by atoms with Gasteiger partial charge in [0.05, 0.1) is 0 Å². The van der Waals surface area contributed by atoms with Crippen molar-refractivity contribution in [3.05, 3.63) is 58.3 Å². The minimum Gasteiger partial charge on any atom is -0.453 e. The van der Waals surface area contributed by atoms with E-state index < -0.39 is 16.6 Å². The van der Waals surface area contributed by atoms with Crippen LogP contribution in [0, 0.1) is 21.7 Å². The number of pyridine rings is 1. The van der Waals surface area contributed by atoms with Crippen LogP contribution in [0.5, 0.6) is 11.5 Å². The van der Waals surface area contributed by atoms with Gasteiger partial charge in [-0.1, -0.05) is 0 Å². The van der Waals surface area contributed by atoms with E-state index in [1.165, 1.54) is 6.07 Å². The number of rotatable bonds is 3. The summed E-state index contributed by atoms with van der Waals surface area (Å²) in [6.45, 7) is 0. The zero-order valence-electron chi connectivity index (χ0n) is 8.84. The predicted molar refractivity (Wildman–Crippen MR) is 57.3 cm³/mol. The average molecular weight is 252 g/mol. The van der Waals surface area contributed by atoms with Crippen molar-refractivity contribution in [2.45, 2.75) is 0 Å². The van der Waals surface area contributed by atoms with Crippen molar-refractivity contribution in [1.29, 1.82) is 0 Å². The summed E-state index contributed by atoms with van der Waals surface area (Å²) in [5, 5.41) is 10.4. The quantitative estimate of drug-likeness (QED) is 0.622. The summed E-state index contributed by atoms with van der Waals surface area (Å²) in [5.74, 6) is -1.80. The Morgan fingerprint density at radius 1 is 1.11 bits per heavy atom. The molecular formula is C11H6F2N2O3. The molecule has 92 valence electrons. The summed E-state index contributed by atoms with van der Waals surface area (Å²) in [6.07, 6.45) is 1.10. The summed E-state index contributed by atoms with van der Waals surface area (Å²) in [6, 6.07) is 5.11. The monoisotopic (exact) mass is 252 g/mol. The Kier molecular flexibility index (Phi) is 3.13. The highest BCUT2D eigenvalue weighted by molar-refractivity contribution is 5.33. The number of ether oxygens (including phenoxy) is 1. The molecule has 0 amide bonds. The van der Waals surface area contributed by atoms with Gasteiger partial charge in [0.15, 0.2) is 11.9 Å². The normalized spacial score (nSPS) is 10.1. The van der Waals surface area contributed by atoms with E-state index in [0.717, 1.165) is 24.4 Å². The number of aromatic nitrogens is 1. The summed E-state index contributed by atoms with van der Waals surface area (Å²) in [5.41, 5.74) is 0. The van der Waals surface area contributed by atoms with Crippen LogP contribution in [-0.2, 0) is 0 Å². The van der Waals surface area contributed by atoms with E-state index >= 15 is 0 Å². The zero-order valence-corrected chi connectivity index (χ0v) is 8.84. The van der Waals surface area contributed by atoms with Crippen LogP contribution in [0.4, 0.5) is 14.6 Å². The molecule has 1 aromatic carbocycles. The van der Waals surface area contributed by atoms with Gasteiger partial charge in [0.2, 0.25) is 0 Å². The molecule has 0 bridgehead atoms. The van der Waals surface area contributed by atoms with E-state index in [0.29, 0.717) is 6.07 Å². The molecule has 1 heterocycles. The standard InChI is InChI=1S/C11H6F2N2O3/c12-7-3-8(13)5-10(4-7)18-9-1-2-11(14-6-9)15(16)17/h1-6H. The molecule has 0 N–H and O–H groups in total. The van der Waals surface area contributed by atoms with Gasteiger partial charge in [0, 0.05) is 24.3 Å². The van der Waals surface area contributed by atoms with E-state index in [-0.39, 0.29) is 17.3 Å². The Morgan fingerprint density at radius 2 is 1.78 bits per heavy atom. The number of halogens is 2. The summed E-state index contributed by atoms with van der Waals surface area (Å²) < 4.78 is 30.9. The van der Waals surface area contributed by atoms with Crippen molar-refractivity contribution in [2.24, 2.45) is 0 Å². The van der Waals surface area contributed by atoms with E-state index in [4.69, 9.17) is 4.74 Å². The van der Waals surface area contributed by atoms with Gasteiger partial charge in [0.25, 0.3) is 0 Å². The molecule has 0 fully saturated rings. The Labute approximate surface area is 99.8 Å². The smallest absolute Gasteiger partial charge is 0.363 e. The van der Waals surface area contributed by atoms with E-state index in [1.54, 1.807) is 0 Å². The van der Waals surface area contributed by atoms with Crippen molar-refractivity contribution >= 4 is 5.82 Å². The molecule has 0 atom stereocenters. The van der Waals surface area contributed by atoms with Crippen molar-refractivity contribution in [3.8, 4) is 11.5 Å². The predicted octanol–water partition coefficient (Wildman–Crippen LogP) is 3.06. The van der Waals surface area contributed by atoms with Gasteiger partial charge >= 0.3 is 5.82 Å². The van der Waals surface area contributed by atoms with Crippen LogP contribution in [0.2, 0.25) is 0 Å². The minimum atomic E-state index is -0.778. The molecule has 0 aliphatic rings. The lowest BCUT2D eigenvalue weighted by atomic mass is 10.3. The molecule has 0 spiro atoms. The van der Waals surface area contributed by atoms with Gasteiger partial charge in [-0.2, -0.15) is 0 Å². The van der Waals surface area contributed by atoms with Gasteiger partial charge in [-0.05, 0) is 16.0 Å². The number of nitrogens with zero attached hydrogens (tertiary/aromatic N) is 2. The van der Waals surface area contributed by atoms with Crippen molar-refractivity contribution < 1.29 is 18.4 Å². The lowest BCUT2D eigenvalue weighted by Gasteiger charge is -2.04. The first-order valence-corrected chi connectivity index (χ1v) is 4.79. The van der Waals surface area contributed by atoms with Crippen LogP contribution in [0.3, 0.4) is 0 Å². The minimum absolute atomic E-state index is 0.0526. The van der Waals surface area contributed by atoms with Gasteiger partial charge in [-0.3, -0.25) is 0 Å². The first-order valence-electron chi connectivity index (χ1n) is 4.79. The molecule has 2 aromatic rings. The molecule has 1 aromatic heterocycles. The molecule has 2 rings (SSSR count). The highest BCUT2D eigenvalue weighted by atomic mass is 19.1. The second-order valence-electron chi connectivity index (χ2n) is 3.32. The molecule has 0 aliphatic heterocycles. The number of nitro groups is 1. The second-order valence-corrected chi connectivity index (χ2v) is 3.32. The van der Waals surface area contributed by atoms with Crippen LogP contribution < -0.4 is 4.74 Å². The molecular weight excluding hydrogens is 246 g/mol. The van der Waals surface area contributed by atoms with Gasteiger partial charge in [0.1, 0.15) is 17.4 Å². The van der Waals surface area contributed by atoms with E-state index in [2.05, 4.69) is 4.98 Å². The third-order valence-electron chi connectivity index (χ3n) is 1.98. The molecule has 7 heteroatoms. The molecule has 5 nitrogen and oxygen atoms in total. The molecule has 0 radical (unpaired) electrons. The summed E-state index contributed by atoms with van der Waals surface area (Å²) in [7, 11) is 0. The third-order valence-corrected chi connectivity index (χ3v) is 1.98. The van der Waals surface area contributed by atoms with Gasteiger partial charge < -0.3 is 14.9 Å². The lowest BCUT2D eigenvalue weighted by molar-refractivity contribution is -0.389. The molecule has 0 saturated carbocycles. The first-order chi connectivity index (χ1) is 8.54. The summed E-state index contributed by atoms with van der Waals surface area (Å²) >= 11 is 0. The fourth-order valence-electron chi connectivity index (χ4n) is 1.26. The van der Waals surface area contributed by atoms with Crippen LogP contribution in [0.1, 0.15) is 0 Å². The maximum atomic E-state index is 12.9. The lowest BCUT2D eigenvalue weighted by Crippen LogP contribution is -1.92. The zero-order chi connectivity index (χ0) is 13.1. The highest BCUT2D eigenvalue weighted by Crippen LogP contribution is 2.23. The highest BCUT2D eigenvalue weighted by Gasteiger charge is 2.08. The van der Waals surface area contributed by atoms with Crippen LogP contribution in [-0.4, -0.2) is 9.91 Å². The first kappa shape index (κ1) is 11.9. The third kappa shape index (κ3) is 2.76. The van der Waals surface area contributed by atoms with Crippen LogP contribution in [0.15, 0.2) is 36.5 Å². The van der Waals surface area contributed by atoms with Gasteiger partial charge in [-0.15, -0.1) is 0 Å². The molecule has 18 heavy (non-hydrogen) atoms. The number of hydrogen-bond acceptors (Lipinski definition) is 4.